The second-order valence-electron chi connectivity index (χ2n) is 5.26. The number of rotatable bonds is 7. The van der Waals surface area contributed by atoms with Gasteiger partial charge in [-0.1, -0.05) is 17.7 Å². The largest absolute Gasteiger partial charge is 0.407 e. The van der Waals surface area contributed by atoms with E-state index >= 15 is 0 Å². The molecule has 0 fully saturated rings. The molecule has 0 bridgehead atoms. The van der Waals surface area contributed by atoms with Crippen molar-refractivity contribution in [3.8, 4) is 11.7 Å². The molecule has 0 saturated heterocycles. The second kappa shape index (κ2) is 8.68. The molecule has 0 aliphatic rings. The van der Waals surface area contributed by atoms with E-state index in [-0.39, 0.29) is 18.1 Å². The molecule has 0 heterocycles. The maximum Gasteiger partial charge on any atom is 0.407 e. The van der Waals surface area contributed by atoms with Crippen molar-refractivity contribution in [3.63, 3.8) is 0 Å². The third kappa shape index (κ3) is 5.35. The van der Waals surface area contributed by atoms with E-state index in [2.05, 4.69) is 11.7 Å². The summed E-state index contributed by atoms with van der Waals surface area (Å²) in [5, 5.41) is 0. The zero-order chi connectivity index (χ0) is 18.4. The predicted molar refractivity (Wildman–Crippen MR) is 94.0 cm³/mol. The van der Waals surface area contributed by atoms with Crippen molar-refractivity contribution in [1.82, 2.24) is 4.31 Å². The number of hydrogen-bond donors (Lipinski definition) is 0. The van der Waals surface area contributed by atoms with Gasteiger partial charge in [-0.15, -0.1) is 0 Å². The highest BCUT2D eigenvalue weighted by Gasteiger charge is 2.26. The number of hydrogen-bond acceptors (Lipinski definition) is 5. The molecule has 1 aromatic rings. The third-order valence-electron chi connectivity index (χ3n) is 2.94. The highest BCUT2D eigenvalue weighted by molar-refractivity contribution is 7.89. The first-order chi connectivity index (χ1) is 11.2. The van der Waals surface area contributed by atoms with Crippen LogP contribution in [0, 0.1) is 18.6 Å². The van der Waals surface area contributed by atoms with Crippen LogP contribution < -0.4 is 0 Å². The first kappa shape index (κ1) is 20.7. The van der Waals surface area contributed by atoms with Gasteiger partial charge in [0.2, 0.25) is 0 Å². The Labute approximate surface area is 144 Å². The Hall–Kier alpha value is -1.32. The Bertz CT molecular complexity index is 737. The molecular formula is C16H24NO5PS. The van der Waals surface area contributed by atoms with Crippen molar-refractivity contribution in [3.05, 3.63) is 29.8 Å². The number of aryl methyl sites for hydroxylation is 1. The van der Waals surface area contributed by atoms with Crippen molar-refractivity contribution in [1.29, 1.82) is 0 Å². The van der Waals surface area contributed by atoms with E-state index in [1.807, 2.05) is 6.92 Å². The molecule has 0 unspecified atom stereocenters. The Morgan fingerprint density at radius 2 is 1.62 bits per heavy atom. The molecule has 0 spiro atoms. The van der Waals surface area contributed by atoms with Gasteiger partial charge in [-0.05, 0) is 46.8 Å². The molecule has 0 aromatic heterocycles. The summed E-state index contributed by atoms with van der Waals surface area (Å²) in [5.41, 5.74) is 3.33. The Balaban J connectivity index is 3.27. The maximum absolute atomic E-state index is 12.8. The predicted octanol–water partition coefficient (Wildman–Crippen LogP) is 3.58. The molecular weight excluding hydrogens is 349 g/mol. The molecule has 0 saturated carbocycles. The van der Waals surface area contributed by atoms with Crippen LogP contribution in [-0.2, 0) is 23.6 Å². The zero-order valence-corrected chi connectivity index (χ0v) is 16.4. The maximum atomic E-state index is 12.8. The lowest BCUT2D eigenvalue weighted by molar-refractivity contribution is 0.230. The van der Waals surface area contributed by atoms with E-state index in [9.17, 15) is 13.0 Å². The normalized spacial score (nSPS) is 11.9. The number of sulfonamides is 1. The standard InChI is InChI=1S/C16H24NO5PS/c1-6-21-23(18,22-7-2)13-12-17(14(3)4)24(19,20)16-10-8-15(5)9-11-16/h8-11,14H,6-7H2,1-5H3. The van der Waals surface area contributed by atoms with Crippen LogP contribution in [0.2, 0.25) is 0 Å². The fourth-order valence-corrected chi connectivity index (χ4v) is 4.45. The monoisotopic (exact) mass is 373 g/mol. The third-order valence-corrected chi connectivity index (χ3v) is 6.41. The summed E-state index contributed by atoms with van der Waals surface area (Å²) in [7, 11) is -7.49. The summed E-state index contributed by atoms with van der Waals surface area (Å²) in [6.45, 7) is 8.88. The van der Waals surface area contributed by atoms with Gasteiger partial charge in [0.1, 0.15) is 0 Å². The summed E-state index contributed by atoms with van der Waals surface area (Å²) in [4.78, 5) is 0.124. The van der Waals surface area contributed by atoms with E-state index < -0.39 is 23.7 Å². The molecule has 24 heavy (non-hydrogen) atoms. The highest BCUT2D eigenvalue weighted by atomic mass is 32.2. The quantitative estimate of drug-likeness (QED) is 0.415. The molecule has 1 aromatic carbocycles. The lowest BCUT2D eigenvalue weighted by Crippen LogP contribution is -2.32. The smallest absolute Gasteiger partial charge is 0.300 e. The molecule has 134 valence electrons. The van der Waals surface area contributed by atoms with Crippen LogP contribution in [0.15, 0.2) is 29.2 Å². The van der Waals surface area contributed by atoms with Crippen molar-refractivity contribution in [2.45, 2.75) is 45.6 Å². The summed E-state index contributed by atoms with van der Waals surface area (Å²) >= 11 is 0. The Kier molecular flexibility index (Phi) is 7.50. The summed E-state index contributed by atoms with van der Waals surface area (Å²) < 4.78 is 49.1. The first-order valence-electron chi connectivity index (χ1n) is 7.69. The average molecular weight is 373 g/mol. The fourth-order valence-electron chi connectivity index (χ4n) is 1.84. The summed E-state index contributed by atoms with van der Waals surface area (Å²) in [6.07, 6.45) is 0. The van der Waals surface area contributed by atoms with Crippen LogP contribution in [0.1, 0.15) is 33.3 Å². The van der Waals surface area contributed by atoms with Gasteiger partial charge in [0, 0.05) is 17.7 Å². The molecule has 0 aliphatic heterocycles. The minimum atomic E-state index is -3.84. The summed E-state index contributed by atoms with van der Waals surface area (Å²) in [5.74, 6) is 0. The van der Waals surface area contributed by atoms with Crippen LogP contribution in [0.5, 0.6) is 0 Å². The van der Waals surface area contributed by atoms with Gasteiger partial charge in [0.25, 0.3) is 10.0 Å². The first-order valence-corrected chi connectivity index (χ1v) is 10.7. The van der Waals surface area contributed by atoms with E-state index in [1.54, 1.807) is 39.8 Å². The van der Waals surface area contributed by atoms with E-state index in [4.69, 9.17) is 9.05 Å². The molecule has 1 rings (SSSR count). The van der Waals surface area contributed by atoms with Gasteiger partial charge in [0.05, 0.1) is 18.1 Å². The van der Waals surface area contributed by atoms with Crippen LogP contribution in [0.4, 0.5) is 0 Å². The molecule has 8 heteroatoms. The van der Waals surface area contributed by atoms with Crippen molar-refractivity contribution >= 4 is 17.6 Å². The van der Waals surface area contributed by atoms with Gasteiger partial charge in [-0.25, -0.2) is 17.3 Å². The Morgan fingerprint density at radius 1 is 1.12 bits per heavy atom. The van der Waals surface area contributed by atoms with Gasteiger partial charge < -0.3 is 0 Å². The van der Waals surface area contributed by atoms with Crippen LogP contribution in [0.25, 0.3) is 0 Å². The Morgan fingerprint density at radius 3 is 2.04 bits per heavy atom. The zero-order valence-electron chi connectivity index (χ0n) is 14.6. The van der Waals surface area contributed by atoms with Gasteiger partial charge >= 0.3 is 7.60 Å². The molecule has 6 nitrogen and oxygen atoms in total. The van der Waals surface area contributed by atoms with E-state index in [0.29, 0.717) is 0 Å². The highest BCUT2D eigenvalue weighted by Crippen LogP contribution is 2.46. The lowest BCUT2D eigenvalue weighted by Gasteiger charge is -2.22. The SMILES string of the molecule is CCOP(=O)(C#CN(C(C)C)S(=O)(=O)c1ccc(C)cc1)OCC. The average Bonchev–Trinajstić information content (AvgIpc) is 2.47. The molecule has 0 aliphatic carbocycles. The van der Waals surface area contributed by atoms with Crippen molar-refractivity contribution in [2.24, 2.45) is 0 Å². The molecule has 0 amide bonds. The van der Waals surface area contributed by atoms with Crippen LogP contribution in [0.3, 0.4) is 0 Å². The molecule has 0 radical (unpaired) electrons. The van der Waals surface area contributed by atoms with E-state index in [0.717, 1.165) is 9.87 Å². The second-order valence-corrected chi connectivity index (χ2v) is 8.81. The minimum Gasteiger partial charge on any atom is -0.300 e. The lowest BCUT2D eigenvalue weighted by atomic mass is 10.2. The molecule has 0 atom stereocenters. The molecule has 0 N–H and O–H groups in total. The number of nitrogens with zero attached hydrogens (tertiary/aromatic N) is 1. The fraction of sp³-hybridized carbons (Fsp3) is 0.500. The number of benzene rings is 1. The topological polar surface area (TPSA) is 72.9 Å². The van der Waals surface area contributed by atoms with Crippen LogP contribution in [-0.4, -0.2) is 32.0 Å². The van der Waals surface area contributed by atoms with Gasteiger partial charge in [-0.2, -0.15) is 0 Å². The minimum absolute atomic E-state index is 0.124. The van der Waals surface area contributed by atoms with Crippen molar-refractivity contribution in [2.75, 3.05) is 13.2 Å². The summed E-state index contributed by atoms with van der Waals surface area (Å²) in [6, 6.07) is 8.49. The van der Waals surface area contributed by atoms with Crippen molar-refractivity contribution < 1.29 is 22.0 Å². The van der Waals surface area contributed by atoms with Gasteiger partial charge in [0.15, 0.2) is 0 Å². The van der Waals surface area contributed by atoms with Gasteiger partial charge in [-0.3, -0.25) is 9.05 Å². The van der Waals surface area contributed by atoms with Crippen LogP contribution >= 0.6 is 7.60 Å². The van der Waals surface area contributed by atoms with E-state index in [1.165, 1.54) is 12.1 Å².